The number of hydrogen-bond donors (Lipinski definition) is 3. The highest BCUT2D eigenvalue weighted by Gasteiger charge is 2.56. The fourth-order valence-corrected chi connectivity index (χ4v) is 12.6. The van der Waals surface area contributed by atoms with Crippen LogP contribution >= 0.6 is 12.4 Å². The van der Waals surface area contributed by atoms with Crippen LogP contribution in [0.15, 0.2) is 48.5 Å². The van der Waals surface area contributed by atoms with Crippen LogP contribution in [0.3, 0.4) is 0 Å². The Morgan fingerprint density at radius 3 is 1.36 bits per heavy atom. The van der Waals surface area contributed by atoms with Gasteiger partial charge in [-0.25, -0.2) is 32.6 Å². The van der Waals surface area contributed by atoms with Crippen molar-refractivity contribution in [2.24, 2.45) is 0 Å². The Morgan fingerprint density at radius 1 is 0.623 bits per heavy atom. The predicted molar refractivity (Wildman–Crippen MR) is 237 cm³/mol. The lowest BCUT2D eigenvalue weighted by Crippen LogP contribution is -2.62. The van der Waals surface area contributed by atoms with Crippen molar-refractivity contribution in [3.63, 3.8) is 0 Å². The highest BCUT2D eigenvalue weighted by Crippen LogP contribution is 2.36. The van der Waals surface area contributed by atoms with Gasteiger partial charge in [-0.05, 0) is 61.4 Å². The van der Waals surface area contributed by atoms with Gasteiger partial charge in [0.25, 0.3) is 11.8 Å². The van der Waals surface area contributed by atoms with E-state index in [1.807, 2.05) is 9.80 Å². The number of hydroxylamine groups is 2. The first-order chi connectivity index (χ1) is 32.2. The van der Waals surface area contributed by atoms with E-state index in [0.717, 1.165) is 18.5 Å². The summed E-state index contributed by atoms with van der Waals surface area (Å²) in [5.74, 6) is -1.51. The van der Waals surface area contributed by atoms with Gasteiger partial charge in [0.1, 0.15) is 11.5 Å². The molecule has 2 aromatic rings. The Labute approximate surface area is 402 Å². The van der Waals surface area contributed by atoms with Crippen molar-refractivity contribution in [3.8, 4) is 11.5 Å². The summed E-state index contributed by atoms with van der Waals surface area (Å²) in [5.41, 5.74) is 5.28. The molecular weight excluding hydrogens is 998 g/mol. The summed E-state index contributed by atoms with van der Waals surface area (Å²) in [4.78, 5) is 34.8. The molecule has 0 radical (unpaired) electrons. The fourth-order valence-electron chi connectivity index (χ4n) is 8.43. The molecule has 2 amide bonds. The van der Waals surface area contributed by atoms with Crippen LogP contribution < -0.4 is 30.2 Å². The van der Waals surface area contributed by atoms with E-state index in [2.05, 4.69) is 10.2 Å². The number of nitrogens with one attached hydrogen (secondary N) is 2. The topological polar surface area (TPSA) is 215 Å². The van der Waals surface area contributed by atoms with Gasteiger partial charge in [-0.1, -0.05) is 0 Å². The minimum Gasteiger partial charge on any atom is -0.484 e. The van der Waals surface area contributed by atoms with Gasteiger partial charge in [-0.2, -0.15) is 35.0 Å². The molecule has 0 aliphatic carbocycles. The summed E-state index contributed by atoms with van der Waals surface area (Å²) in [6, 6.07) is 12.2. The molecule has 5 fully saturated rings. The van der Waals surface area contributed by atoms with Crippen LogP contribution in [0.25, 0.3) is 0 Å². The average Bonchev–Trinajstić information content (AvgIpc) is 3.35. The third kappa shape index (κ3) is 13.9. The van der Waals surface area contributed by atoms with Crippen LogP contribution in [-0.2, 0) is 48.7 Å². The van der Waals surface area contributed by atoms with Crippen LogP contribution in [0.1, 0.15) is 44.9 Å². The first kappa shape index (κ1) is 56.0. The van der Waals surface area contributed by atoms with Gasteiger partial charge in [-0.15, -0.1) is 12.4 Å². The molecule has 0 aromatic heterocycles. The van der Waals surface area contributed by atoms with Gasteiger partial charge in [0.05, 0.1) is 0 Å². The van der Waals surface area contributed by atoms with E-state index in [1.165, 1.54) is 38.4 Å². The third-order valence-corrected chi connectivity index (χ3v) is 17.6. The SMILES string of the molecule is Cl.O=C(NO)C1(S(=O)(=O)N2CCN(c3ccc(OCC(F)(F)F)cc3)CC2)CCOCC1.O=C(NOC1CCCCO1)C1(S(=O)(=O)N2CCN(c3ccc(OCC(F)(F)F)cc3)CC2)CCOCC1. The molecule has 28 heteroatoms. The van der Waals surface area contributed by atoms with E-state index in [1.54, 1.807) is 24.3 Å². The number of anilines is 2. The molecule has 5 saturated heterocycles. The highest BCUT2D eigenvalue weighted by atomic mass is 35.5. The van der Waals surface area contributed by atoms with Crippen molar-refractivity contribution in [1.82, 2.24) is 19.6 Å². The lowest BCUT2D eigenvalue weighted by molar-refractivity contribution is -0.202. The second-order valence-corrected chi connectivity index (χ2v) is 21.1. The second kappa shape index (κ2) is 24.0. The Morgan fingerprint density at radius 2 is 1.01 bits per heavy atom. The van der Waals surface area contributed by atoms with Crippen molar-refractivity contribution < 1.29 is 86.5 Å². The van der Waals surface area contributed by atoms with Gasteiger partial charge in [0, 0.05) is 129 Å². The van der Waals surface area contributed by atoms with Crippen molar-refractivity contribution >= 4 is 55.6 Å². The summed E-state index contributed by atoms with van der Waals surface area (Å²) in [6.45, 7) is 0.121. The van der Waals surface area contributed by atoms with E-state index in [0.29, 0.717) is 44.9 Å². The molecule has 5 heterocycles. The summed E-state index contributed by atoms with van der Waals surface area (Å²) in [7, 11) is -8.13. The second-order valence-electron chi connectivity index (χ2n) is 16.6. The average molecular weight is 1060 g/mol. The van der Waals surface area contributed by atoms with Gasteiger partial charge in [0.15, 0.2) is 29.0 Å². The lowest BCUT2D eigenvalue weighted by Gasteiger charge is -2.42. The van der Waals surface area contributed by atoms with Crippen LogP contribution in [0.5, 0.6) is 11.5 Å². The molecular formula is C41H57ClF6N6O13S2. The van der Waals surface area contributed by atoms with Crippen molar-refractivity contribution in [3.05, 3.63) is 48.5 Å². The molecule has 69 heavy (non-hydrogen) atoms. The first-order valence-electron chi connectivity index (χ1n) is 22.0. The Hall–Kier alpha value is -3.93. The quantitative estimate of drug-likeness (QED) is 0.140. The maximum absolute atomic E-state index is 13.8. The van der Waals surface area contributed by atoms with Gasteiger partial charge in [-0.3, -0.25) is 14.8 Å². The zero-order chi connectivity index (χ0) is 49.2. The summed E-state index contributed by atoms with van der Waals surface area (Å²) in [6.07, 6.45) is -7.12. The summed E-state index contributed by atoms with van der Waals surface area (Å²) < 4.78 is 152. The highest BCUT2D eigenvalue weighted by molar-refractivity contribution is 7.91. The molecule has 2 aromatic carbocycles. The third-order valence-electron chi connectivity index (χ3n) is 12.3. The molecule has 7 rings (SSSR count). The Bertz CT molecular complexity index is 2180. The molecule has 5 aliphatic rings. The summed E-state index contributed by atoms with van der Waals surface area (Å²) in [5, 5.41) is 9.11. The zero-order valence-corrected chi connectivity index (χ0v) is 39.8. The van der Waals surface area contributed by atoms with Crippen LogP contribution in [0, 0.1) is 0 Å². The summed E-state index contributed by atoms with van der Waals surface area (Å²) >= 11 is 0. The predicted octanol–water partition coefficient (Wildman–Crippen LogP) is 3.76. The van der Waals surface area contributed by atoms with E-state index >= 15 is 0 Å². The lowest BCUT2D eigenvalue weighted by atomic mass is 9.98. The molecule has 0 bridgehead atoms. The number of alkyl halides is 6. The molecule has 5 aliphatic heterocycles. The molecule has 1 unspecified atom stereocenters. The number of sulfonamides is 2. The normalized spacial score (nSPS) is 21.7. The minimum absolute atomic E-state index is 0. The standard InChI is InChI=1S/C23H32F3N3O7S.C18H24F3N3O6S.ClH/c24-23(25,26)17-35-19-6-4-18(5-7-19)28-10-12-29(13-11-28)37(31,32)22(8-15-33-16-9-22)21(30)27-36-20-3-1-2-14-34-20;19-18(20,21)13-30-15-3-1-14(2-4-15)23-7-9-24(10-8-23)31(27,28)17(16(25)22-26)5-11-29-12-6-17;/h4-7,20H,1-3,8-17H2,(H,27,30);1-4,26H,5-13H2,(H,22,25);1H. The number of amides is 2. The number of piperazine rings is 2. The van der Waals surface area contributed by atoms with Crippen LogP contribution in [0.4, 0.5) is 37.7 Å². The van der Waals surface area contributed by atoms with Crippen molar-refractivity contribution in [2.45, 2.75) is 73.1 Å². The van der Waals surface area contributed by atoms with E-state index in [-0.39, 0.29) is 102 Å². The molecule has 3 N–H and O–H groups in total. The Balaban J connectivity index is 0.000000258. The molecule has 19 nitrogen and oxygen atoms in total. The number of hydrogen-bond acceptors (Lipinski definition) is 15. The maximum Gasteiger partial charge on any atom is 0.422 e. The smallest absolute Gasteiger partial charge is 0.422 e. The van der Waals surface area contributed by atoms with Crippen molar-refractivity contribution in [2.75, 3.05) is 108 Å². The van der Waals surface area contributed by atoms with E-state index < -0.39 is 73.2 Å². The van der Waals surface area contributed by atoms with Crippen LogP contribution in [-0.4, -0.2) is 169 Å². The number of ether oxygens (including phenoxy) is 5. The molecule has 390 valence electrons. The minimum atomic E-state index is -4.42. The molecule has 0 saturated carbocycles. The van der Waals surface area contributed by atoms with Gasteiger partial charge in [0.2, 0.25) is 20.0 Å². The number of carbonyl (C=O) groups is 2. The van der Waals surface area contributed by atoms with Gasteiger partial charge < -0.3 is 33.5 Å². The molecule has 0 spiro atoms. The van der Waals surface area contributed by atoms with Crippen LogP contribution in [0.2, 0.25) is 0 Å². The molecule has 1 atom stereocenters. The Kier molecular flexibility index (Phi) is 19.5. The maximum atomic E-state index is 13.8. The monoisotopic (exact) mass is 1050 g/mol. The largest absolute Gasteiger partial charge is 0.484 e. The van der Waals surface area contributed by atoms with Gasteiger partial charge >= 0.3 is 12.4 Å². The van der Waals surface area contributed by atoms with E-state index in [4.69, 9.17) is 29.0 Å². The fraction of sp³-hybridized carbons (Fsp3) is 0.659. The van der Waals surface area contributed by atoms with E-state index in [9.17, 15) is 52.8 Å². The first-order valence-corrected chi connectivity index (χ1v) is 24.8. The number of carbonyl (C=O) groups excluding carboxylic acids is 2. The number of halogens is 7. The zero-order valence-electron chi connectivity index (χ0n) is 37.4. The van der Waals surface area contributed by atoms with Crippen molar-refractivity contribution in [1.29, 1.82) is 0 Å². The number of benzene rings is 2. The number of nitrogens with zero attached hydrogens (tertiary/aromatic N) is 4. The number of rotatable bonds is 14.